The lowest BCUT2D eigenvalue weighted by Gasteiger charge is -2.17. The van der Waals surface area contributed by atoms with Crippen molar-refractivity contribution >= 4 is 21.7 Å². The zero-order valence-electron chi connectivity index (χ0n) is 12.6. The highest BCUT2D eigenvalue weighted by Crippen LogP contribution is 2.17. The van der Waals surface area contributed by atoms with Gasteiger partial charge >= 0.3 is 0 Å². The lowest BCUT2D eigenvalue weighted by molar-refractivity contribution is 0.0936. The van der Waals surface area contributed by atoms with Crippen molar-refractivity contribution in [2.45, 2.75) is 32.2 Å². The van der Waals surface area contributed by atoms with Crippen LogP contribution in [0.25, 0.3) is 0 Å². The smallest absolute Gasteiger partial charge is 0.270 e. The molecule has 2 aliphatic rings. The number of carbonyl (C=O) groups is 1. The van der Waals surface area contributed by atoms with Crippen molar-refractivity contribution in [2.75, 3.05) is 29.5 Å². The lowest BCUT2D eigenvalue weighted by atomic mass is 10.2. The van der Waals surface area contributed by atoms with E-state index in [1.165, 1.54) is 0 Å². The van der Waals surface area contributed by atoms with Crippen LogP contribution in [0, 0.1) is 6.92 Å². The largest absolute Gasteiger partial charge is 0.347 e. The number of hydrogen-bond donors (Lipinski definition) is 1. The summed E-state index contributed by atoms with van der Waals surface area (Å²) in [5.41, 5.74) is 1.04. The van der Waals surface area contributed by atoms with E-state index >= 15 is 0 Å². The Kier molecular flexibility index (Phi) is 4.03. The summed E-state index contributed by atoms with van der Waals surface area (Å²) < 4.78 is 22.9. The fraction of sp³-hybridized carbons (Fsp3) is 0.643. The number of sulfone groups is 1. The molecule has 0 saturated carbocycles. The summed E-state index contributed by atoms with van der Waals surface area (Å²) in [5, 5.41) is 2.77. The molecule has 0 radical (unpaired) electrons. The van der Waals surface area contributed by atoms with Crippen LogP contribution < -0.4 is 10.2 Å². The molecule has 7 nitrogen and oxygen atoms in total. The second kappa shape index (κ2) is 5.83. The minimum atomic E-state index is -3.01. The van der Waals surface area contributed by atoms with Gasteiger partial charge in [0, 0.05) is 24.8 Å². The van der Waals surface area contributed by atoms with Crippen LogP contribution in [0.1, 0.15) is 35.4 Å². The number of nitrogens with zero attached hydrogens (tertiary/aromatic N) is 3. The first-order chi connectivity index (χ1) is 10.4. The number of carbonyl (C=O) groups excluding carboxylic acids is 1. The number of nitrogens with one attached hydrogen (secondary N) is 1. The molecule has 3 heterocycles. The molecule has 1 atom stereocenters. The molecule has 0 aromatic carbocycles. The Hall–Kier alpha value is -1.70. The normalized spacial score (nSPS) is 23.7. The third-order valence-corrected chi connectivity index (χ3v) is 5.80. The van der Waals surface area contributed by atoms with Gasteiger partial charge in [-0.1, -0.05) is 0 Å². The van der Waals surface area contributed by atoms with E-state index in [-0.39, 0.29) is 23.5 Å². The molecular formula is C14H20N4O3S. The van der Waals surface area contributed by atoms with Crippen molar-refractivity contribution in [3.63, 3.8) is 0 Å². The van der Waals surface area contributed by atoms with Crippen molar-refractivity contribution in [3.8, 4) is 0 Å². The lowest BCUT2D eigenvalue weighted by Crippen LogP contribution is -2.36. The maximum atomic E-state index is 12.3. The first-order valence-corrected chi connectivity index (χ1v) is 9.37. The summed E-state index contributed by atoms with van der Waals surface area (Å²) in [7, 11) is -3.01. The highest BCUT2D eigenvalue weighted by Gasteiger charge is 2.29. The Labute approximate surface area is 130 Å². The number of aryl methyl sites for hydroxylation is 1. The Morgan fingerprint density at radius 2 is 2.05 bits per heavy atom. The Bertz CT molecular complexity index is 683. The first kappa shape index (κ1) is 15.2. The molecule has 3 rings (SSSR count). The van der Waals surface area contributed by atoms with Crippen LogP contribution >= 0.6 is 0 Å². The summed E-state index contributed by atoms with van der Waals surface area (Å²) in [6.07, 6.45) is 2.69. The highest BCUT2D eigenvalue weighted by molar-refractivity contribution is 7.91. The van der Waals surface area contributed by atoms with Gasteiger partial charge in [0.25, 0.3) is 5.91 Å². The molecule has 1 amide bonds. The standard InChI is InChI=1S/C14H20N4O3S/c1-10-8-12(17-14(15-10)18-5-2-3-6-18)13(19)16-11-4-7-22(20,21)9-11/h8,11H,2-7,9H2,1H3,(H,16,19)/t11-/m1/s1. The summed E-state index contributed by atoms with van der Waals surface area (Å²) in [6.45, 7) is 3.65. The van der Waals surface area contributed by atoms with Crippen molar-refractivity contribution in [2.24, 2.45) is 0 Å². The van der Waals surface area contributed by atoms with Crippen LogP contribution in [0.15, 0.2) is 6.07 Å². The number of hydrogen-bond acceptors (Lipinski definition) is 6. The van der Waals surface area contributed by atoms with E-state index in [1.807, 2.05) is 6.92 Å². The van der Waals surface area contributed by atoms with Crippen molar-refractivity contribution in [1.82, 2.24) is 15.3 Å². The number of anilines is 1. The summed E-state index contributed by atoms with van der Waals surface area (Å²) >= 11 is 0. The van der Waals surface area contributed by atoms with E-state index in [9.17, 15) is 13.2 Å². The molecule has 0 spiro atoms. The summed E-state index contributed by atoms with van der Waals surface area (Å²) in [5.74, 6) is 0.413. The van der Waals surface area contributed by atoms with Crippen LogP contribution in [-0.2, 0) is 9.84 Å². The van der Waals surface area contributed by atoms with E-state index in [2.05, 4.69) is 20.2 Å². The molecule has 0 aliphatic carbocycles. The van der Waals surface area contributed by atoms with Gasteiger partial charge in [0.2, 0.25) is 5.95 Å². The predicted octanol–water partition coefficient (Wildman–Crippen LogP) is 0.302. The summed E-state index contributed by atoms with van der Waals surface area (Å²) in [6, 6.07) is 1.32. The second-order valence-corrected chi connectivity index (χ2v) is 8.19. The third kappa shape index (κ3) is 3.37. The molecule has 1 N–H and O–H groups in total. The molecule has 0 unspecified atom stereocenters. The molecule has 1 aromatic rings. The molecular weight excluding hydrogens is 304 g/mol. The van der Waals surface area contributed by atoms with Crippen molar-refractivity contribution < 1.29 is 13.2 Å². The van der Waals surface area contributed by atoms with Gasteiger partial charge in [0.1, 0.15) is 5.69 Å². The minimum absolute atomic E-state index is 0.0157. The molecule has 22 heavy (non-hydrogen) atoms. The van der Waals surface area contributed by atoms with Crippen LogP contribution in [0.3, 0.4) is 0 Å². The van der Waals surface area contributed by atoms with Crippen LogP contribution in [0.4, 0.5) is 5.95 Å². The minimum Gasteiger partial charge on any atom is -0.347 e. The summed E-state index contributed by atoms with van der Waals surface area (Å²) in [4.78, 5) is 23.1. The Balaban J connectivity index is 1.74. The Morgan fingerprint density at radius 3 is 2.68 bits per heavy atom. The van der Waals surface area contributed by atoms with Gasteiger partial charge in [-0.05, 0) is 32.3 Å². The van der Waals surface area contributed by atoms with Gasteiger partial charge in [-0.25, -0.2) is 18.4 Å². The average Bonchev–Trinajstić information content (AvgIpc) is 3.08. The van der Waals surface area contributed by atoms with E-state index in [0.29, 0.717) is 18.1 Å². The monoisotopic (exact) mass is 324 g/mol. The van der Waals surface area contributed by atoms with Crippen molar-refractivity contribution in [3.05, 3.63) is 17.5 Å². The Morgan fingerprint density at radius 1 is 1.32 bits per heavy atom. The highest BCUT2D eigenvalue weighted by atomic mass is 32.2. The van der Waals surface area contributed by atoms with E-state index < -0.39 is 9.84 Å². The van der Waals surface area contributed by atoms with E-state index in [1.54, 1.807) is 6.07 Å². The molecule has 8 heteroatoms. The number of aromatic nitrogens is 2. The zero-order valence-corrected chi connectivity index (χ0v) is 13.4. The van der Waals surface area contributed by atoms with Crippen LogP contribution in [0.2, 0.25) is 0 Å². The fourth-order valence-corrected chi connectivity index (χ4v) is 4.57. The van der Waals surface area contributed by atoms with Gasteiger partial charge < -0.3 is 10.2 Å². The maximum Gasteiger partial charge on any atom is 0.270 e. The fourth-order valence-electron chi connectivity index (χ4n) is 2.90. The second-order valence-electron chi connectivity index (χ2n) is 5.96. The van der Waals surface area contributed by atoms with Gasteiger partial charge in [0.15, 0.2) is 9.84 Å². The quantitative estimate of drug-likeness (QED) is 0.860. The molecule has 2 fully saturated rings. The predicted molar refractivity (Wildman–Crippen MR) is 82.7 cm³/mol. The molecule has 1 aromatic heterocycles. The van der Waals surface area contributed by atoms with E-state index in [0.717, 1.165) is 31.6 Å². The van der Waals surface area contributed by atoms with Gasteiger partial charge in [-0.3, -0.25) is 4.79 Å². The van der Waals surface area contributed by atoms with Gasteiger partial charge in [-0.15, -0.1) is 0 Å². The third-order valence-electron chi connectivity index (χ3n) is 4.03. The van der Waals surface area contributed by atoms with Gasteiger partial charge in [-0.2, -0.15) is 0 Å². The van der Waals surface area contributed by atoms with Crippen LogP contribution in [0.5, 0.6) is 0 Å². The maximum absolute atomic E-state index is 12.3. The number of amides is 1. The van der Waals surface area contributed by atoms with E-state index in [4.69, 9.17) is 0 Å². The molecule has 2 aliphatic heterocycles. The first-order valence-electron chi connectivity index (χ1n) is 7.55. The average molecular weight is 324 g/mol. The molecule has 2 saturated heterocycles. The SMILES string of the molecule is Cc1cc(C(=O)N[C@@H]2CCS(=O)(=O)C2)nc(N2CCCC2)n1. The topological polar surface area (TPSA) is 92.3 Å². The van der Waals surface area contributed by atoms with Crippen LogP contribution in [-0.4, -0.2) is 54.9 Å². The zero-order chi connectivity index (χ0) is 15.7. The van der Waals surface area contributed by atoms with Crippen molar-refractivity contribution in [1.29, 1.82) is 0 Å². The number of rotatable bonds is 3. The molecule has 0 bridgehead atoms. The molecule has 120 valence electrons. The van der Waals surface area contributed by atoms with Gasteiger partial charge in [0.05, 0.1) is 11.5 Å².